The van der Waals surface area contributed by atoms with Crippen molar-refractivity contribution < 1.29 is 29.3 Å². The highest BCUT2D eigenvalue weighted by atomic mass is 16.5. The minimum Gasteiger partial charge on any atom is -0.480 e. The number of nitrogens with zero attached hydrogens (tertiary/aromatic N) is 2. The number of imidazole rings is 1. The molecule has 10 heteroatoms. The van der Waals surface area contributed by atoms with Gasteiger partial charge in [-0.1, -0.05) is 50.5 Å². The third-order valence-corrected chi connectivity index (χ3v) is 7.54. The number of amides is 2. The van der Waals surface area contributed by atoms with Gasteiger partial charge >= 0.3 is 12.1 Å². The number of H-pyrrole nitrogens is 1. The molecule has 1 saturated carbocycles. The van der Waals surface area contributed by atoms with Crippen LogP contribution in [0, 0.1) is 5.41 Å². The van der Waals surface area contributed by atoms with E-state index < -0.39 is 35.2 Å². The smallest absolute Gasteiger partial charge is 0.413 e. The fraction of sp³-hybridized carbons (Fsp3) is 0.385. The summed E-state index contributed by atoms with van der Waals surface area (Å²) in [7, 11) is 1.24. The number of aromatic nitrogens is 2. The normalized spacial score (nSPS) is 21.8. The number of aliphatic carboxylic acids is 1. The molecule has 4 N–H and O–H groups in total. The maximum atomic E-state index is 13.8. The van der Waals surface area contributed by atoms with Gasteiger partial charge in [-0.25, -0.2) is 14.6 Å². The van der Waals surface area contributed by atoms with E-state index in [1.807, 2.05) is 6.92 Å². The lowest BCUT2D eigenvalue weighted by atomic mass is 9.69. The summed E-state index contributed by atoms with van der Waals surface area (Å²) in [5, 5.41) is 25.3. The predicted molar refractivity (Wildman–Crippen MR) is 130 cm³/mol. The fourth-order valence-corrected chi connectivity index (χ4v) is 5.76. The number of fused-ring (bicyclic) bond motifs is 2. The Hall–Kier alpha value is -3.92. The number of hydrogen-bond donors (Lipinski definition) is 4. The van der Waals surface area contributed by atoms with Crippen LogP contribution >= 0.6 is 0 Å². The Labute approximate surface area is 207 Å². The number of carbonyl (C=O) groups excluding carboxylic acids is 2. The number of anilines is 1. The monoisotopic (exact) mass is 492 g/mol. The lowest BCUT2D eigenvalue weighted by molar-refractivity contribution is -0.161. The van der Waals surface area contributed by atoms with E-state index >= 15 is 0 Å². The van der Waals surface area contributed by atoms with Crippen LogP contribution < -0.4 is 5.32 Å². The van der Waals surface area contributed by atoms with E-state index in [0.29, 0.717) is 35.0 Å². The first-order chi connectivity index (χ1) is 17.2. The number of carboxylic acids is 1. The number of aromatic amines is 1. The number of carboxylic acid groups (broad SMARTS) is 1. The van der Waals surface area contributed by atoms with E-state index in [4.69, 9.17) is 0 Å². The molecule has 5 rings (SSSR count). The Morgan fingerprint density at radius 3 is 2.58 bits per heavy atom. The first kappa shape index (κ1) is 23.8. The van der Waals surface area contributed by atoms with Crippen molar-refractivity contribution in [2.45, 2.75) is 50.8 Å². The summed E-state index contributed by atoms with van der Waals surface area (Å²) >= 11 is 0. The van der Waals surface area contributed by atoms with E-state index in [2.05, 4.69) is 20.0 Å². The second kappa shape index (κ2) is 8.63. The Morgan fingerprint density at radius 2 is 1.89 bits per heavy atom. The van der Waals surface area contributed by atoms with Crippen LogP contribution in [0.5, 0.6) is 0 Å². The standard InChI is InChI=1S/C26H28N4O6/c1-25(12-6-3-7-13-25)20(22(32)33)30-21(31)16-8-4-5-9-17(16)26(30,35)15-10-11-18-19(14-15)28-23(27-18)29-24(34)36-2/h4-5,8-11,14,20,35H,3,6-7,12-13H2,1-2H3,(H,32,33)(H2,27,28,29,34)/t20-,26?/m1/s1. The summed E-state index contributed by atoms with van der Waals surface area (Å²) in [6.07, 6.45) is 3.33. The molecule has 2 aromatic carbocycles. The van der Waals surface area contributed by atoms with Crippen molar-refractivity contribution in [2.75, 3.05) is 12.4 Å². The molecule has 2 atom stereocenters. The van der Waals surface area contributed by atoms with Gasteiger partial charge in [-0.05, 0) is 36.5 Å². The van der Waals surface area contributed by atoms with Crippen molar-refractivity contribution in [2.24, 2.45) is 5.41 Å². The first-order valence-electron chi connectivity index (χ1n) is 11.9. The zero-order valence-electron chi connectivity index (χ0n) is 20.1. The molecule has 1 aliphatic carbocycles. The predicted octanol–water partition coefficient (Wildman–Crippen LogP) is 3.81. The first-order valence-corrected chi connectivity index (χ1v) is 11.9. The minimum atomic E-state index is -2.03. The van der Waals surface area contributed by atoms with Gasteiger partial charge in [0.15, 0.2) is 5.72 Å². The molecule has 0 saturated heterocycles. The zero-order valence-corrected chi connectivity index (χ0v) is 20.1. The number of carbonyl (C=O) groups is 3. The van der Waals surface area contributed by atoms with Crippen molar-refractivity contribution in [1.29, 1.82) is 0 Å². The number of rotatable bonds is 5. The summed E-state index contributed by atoms with van der Waals surface area (Å²) in [5.41, 5.74) is -0.851. The van der Waals surface area contributed by atoms with Crippen molar-refractivity contribution >= 4 is 35.0 Å². The van der Waals surface area contributed by atoms with Gasteiger partial charge in [-0.2, -0.15) is 0 Å². The van der Waals surface area contributed by atoms with Crippen LogP contribution in [0.15, 0.2) is 42.5 Å². The fourth-order valence-electron chi connectivity index (χ4n) is 5.76. The van der Waals surface area contributed by atoms with E-state index in [1.54, 1.807) is 42.5 Å². The highest BCUT2D eigenvalue weighted by Crippen LogP contribution is 2.50. The number of hydrogen-bond acceptors (Lipinski definition) is 6. The molecule has 3 aromatic rings. The van der Waals surface area contributed by atoms with Crippen LogP contribution in [-0.4, -0.2) is 56.2 Å². The average Bonchev–Trinajstić information content (AvgIpc) is 3.36. The molecule has 0 bridgehead atoms. The summed E-state index contributed by atoms with van der Waals surface area (Å²) in [6, 6.07) is 10.3. The molecule has 1 aliphatic heterocycles. The molecule has 10 nitrogen and oxygen atoms in total. The molecule has 1 aromatic heterocycles. The van der Waals surface area contributed by atoms with E-state index in [0.717, 1.165) is 24.2 Å². The molecule has 2 aliphatic rings. The van der Waals surface area contributed by atoms with Crippen molar-refractivity contribution in [1.82, 2.24) is 14.9 Å². The highest BCUT2D eigenvalue weighted by Gasteiger charge is 2.58. The van der Waals surface area contributed by atoms with Gasteiger partial charge in [0.2, 0.25) is 5.95 Å². The third-order valence-electron chi connectivity index (χ3n) is 7.54. The second-order valence-electron chi connectivity index (χ2n) is 9.78. The number of aliphatic hydroxyl groups is 1. The SMILES string of the molecule is COC(=O)Nc1nc2cc(C3(O)c4ccccc4C(=O)N3[C@H](C(=O)O)C3(C)CCCCC3)ccc2[nH]1. The van der Waals surface area contributed by atoms with Gasteiger partial charge in [0.1, 0.15) is 6.04 Å². The molecule has 188 valence electrons. The highest BCUT2D eigenvalue weighted by molar-refractivity contribution is 6.02. The molecule has 1 fully saturated rings. The molecule has 2 heterocycles. The topological polar surface area (TPSA) is 145 Å². The summed E-state index contributed by atoms with van der Waals surface area (Å²) < 4.78 is 4.60. The number of benzene rings is 2. The van der Waals surface area contributed by atoms with Crippen LogP contribution in [0.1, 0.15) is 60.5 Å². The molecule has 1 unspecified atom stereocenters. The van der Waals surface area contributed by atoms with Crippen molar-refractivity contribution in [3.8, 4) is 0 Å². The number of methoxy groups -OCH3 is 1. The average molecular weight is 493 g/mol. The van der Waals surface area contributed by atoms with Gasteiger partial charge in [-0.3, -0.25) is 15.0 Å². The maximum Gasteiger partial charge on any atom is 0.413 e. The molecule has 2 amide bonds. The van der Waals surface area contributed by atoms with E-state index in [-0.39, 0.29) is 11.5 Å². The van der Waals surface area contributed by atoms with Gasteiger partial charge < -0.3 is 19.9 Å². The lowest BCUT2D eigenvalue weighted by Gasteiger charge is -2.47. The molecular weight excluding hydrogens is 464 g/mol. The quantitative estimate of drug-likeness (QED) is 0.424. The van der Waals surface area contributed by atoms with Crippen molar-refractivity contribution in [3.05, 3.63) is 59.2 Å². The van der Waals surface area contributed by atoms with Crippen LogP contribution in [-0.2, 0) is 15.3 Å². The summed E-state index contributed by atoms with van der Waals surface area (Å²) in [6.45, 7) is 1.89. The van der Waals surface area contributed by atoms with Crippen molar-refractivity contribution in [3.63, 3.8) is 0 Å². The van der Waals surface area contributed by atoms with Crippen LogP contribution in [0.25, 0.3) is 11.0 Å². The Kier molecular flexibility index (Phi) is 5.71. The number of nitrogens with one attached hydrogen (secondary N) is 2. The van der Waals surface area contributed by atoms with Gasteiger partial charge in [0.25, 0.3) is 5.91 Å². The second-order valence-corrected chi connectivity index (χ2v) is 9.78. The third kappa shape index (κ3) is 3.60. The lowest BCUT2D eigenvalue weighted by Crippen LogP contribution is -2.59. The molecule has 36 heavy (non-hydrogen) atoms. The van der Waals surface area contributed by atoms with Crippen LogP contribution in [0.2, 0.25) is 0 Å². The Balaban J connectivity index is 1.67. The zero-order chi connectivity index (χ0) is 25.7. The van der Waals surface area contributed by atoms with Gasteiger partial charge in [0.05, 0.1) is 18.1 Å². The molecule has 0 spiro atoms. The molecular formula is C26H28N4O6. The van der Waals surface area contributed by atoms with Crippen LogP contribution in [0.4, 0.5) is 10.7 Å². The summed E-state index contributed by atoms with van der Waals surface area (Å²) in [5.74, 6) is -1.52. The van der Waals surface area contributed by atoms with Gasteiger partial charge in [-0.15, -0.1) is 0 Å². The Bertz CT molecular complexity index is 1360. The van der Waals surface area contributed by atoms with Gasteiger partial charge in [0, 0.05) is 16.7 Å². The maximum absolute atomic E-state index is 13.8. The number of ether oxygens (including phenoxy) is 1. The minimum absolute atomic E-state index is 0.152. The largest absolute Gasteiger partial charge is 0.480 e. The molecule has 0 radical (unpaired) electrons. The Morgan fingerprint density at radius 1 is 1.17 bits per heavy atom. The van der Waals surface area contributed by atoms with E-state index in [9.17, 15) is 24.6 Å². The summed E-state index contributed by atoms with van der Waals surface area (Å²) in [4.78, 5) is 46.6. The van der Waals surface area contributed by atoms with E-state index in [1.165, 1.54) is 7.11 Å². The van der Waals surface area contributed by atoms with Crippen LogP contribution in [0.3, 0.4) is 0 Å².